The van der Waals surface area contributed by atoms with Crippen LogP contribution in [0.5, 0.6) is 0 Å². The summed E-state index contributed by atoms with van der Waals surface area (Å²) in [4.78, 5) is 2.63. The molecule has 0 bridgehead atoms. The zero-order valence-electron chi connectivity index (χ0n) is 13.6. The maximum absolute atomic E-state index is 5.40. The highest BCUT2D eigenvalue weighted by Gasteiger charge is 2.37. The molecule has 1 fully saturated rings. The van der Waals surface area contributed by atoms with Gasteiger partial charge in [-0.05, 0) is 31.4 Å². The molecule has 1 heterocycles. The van der Waals surface area contributed by atoms with Gasteiger partial charge in [0.2, 0.25) is 0 Å². The van der Waals surface area contributed by atoms with E-state index in [0.717, 1.165) is 32.5 Å². The monoisotopic (exact) mass is 284 g/mol. The molecular weight excluding hydrogens is 256 g/mol. The summed E-state index contributed by atoms with van der Waals surface area (Å²) in [5.41, 5.74) is 1.40. The Labute approximate surface area is 129 Å². The molecule has 1 aromatic rings. The molecule has 2 nitrogen and oxygen atoms in total. The summed E-state index contributed by atoms with van der Waals surface area (Å²) in [7, 11) is 0. The smallest absolute Gasteiger partial charge is 0.0535 e. The van der Waals surface area contributed by atoms with Crippen molar-refractivity contribution in [3.05, 3.63) is 35.9 Å². The van der Waals surface area contributed by atoms with E-state index in [2.05, 4.69) is 67.2 Å². The molecule has 2 atom stereocenters. The fourth-order valence-corrected chi connectivity index (χ4v) is 3.32. The maximum Gasteiger partial charge on any atom is 0.0535 e. The van der Waals surface area contributed by atoms with E-state index in [1.165, 1.54) is 5.56 Å². The van der Waals surface area contributed by atoms with Crippen LogP contribution in [0.15, 0.2) is 30.3 Å². The number of rotatable bonds is 5. The SMILES string of the molecule is C#CCCCN1CC(C)(c2ccccc2)NCC1C(C)C. The van der Waals surface area contributed by atoms with Gasteiger partial charge in [0.15, 0.2) is 0 Å². The van der Waals surface area contributed by atoms with Crippen molar-refractivity contribution < 1.29 is 0 Å². The lowest BCUT2D eigenvalue weighted by Crippen LogP contribution is -2.62. The van der Waals surface area contributed by atoms with Gasteiger partial charge < -0.3 is 5.32 Å². The van der Waals surface area contributed by atoms with E-state index < -0.39 is 0 Å². The van der Waals surface area contributed by atoms with Crippen LogP contribution in [-0.2, 0) is 5.54 Å². The molecule has 0 aromatic heterocycles. The van der Waals surface area contributed by atoms with Crippen LogP contribution in [0.1, 0.15) is 39.2 Å². The average Bonchev–Trinajstić information content (AvgIpc) is 2.48. The summed E-state index contributed by atoms with van der Waals surface area (Å²) in [6.07, 6.45) is 7.36. The standard InChI is InChI=1S/C19H28N2/c1-5-6-10-13-21-15-19(4,17-11-8-7-9-12-17)20-14-18(21)16(2)3/h1,7-9,11-12,16,18,20H,6,10,13-15H2,2-4H3. The maximum atomic E-state index is 5.40. The molecule has 0 amide bonds. The van der Waals surface area contributed by atoms with Gasteiger partial charge in [0.05, 0.1) is 5.54 Å². The lowest BCUT2D eigenvalue weighted by molar-refractivity contribution is 0.0603. The fourth-order valence-electron chi connectivity index (χ4n) is 3.32. The molecule has 0 radical (unpaired) electrons. The molecule has 1 N–H and O–H groups in total. The second-order valence-electron chi connectivity index (χ2n) is 6.67. The van der Waals surface area contributed by atoms with Crippen LogP contribution in [-0.4, -0.2) is 30.6 Å². The molecule has 2 rings (SSSR count). The summed E-state index contributed by atoms with van der Waals surface area (Å²) in [5.74, 6) is 3.42. The second-order valence-corrected chi connectivity index (χ2v) is 6.67. The molecular formula is C19H28N2. The Kier molecular flexibility index (Phi) is 5.45. The van der Waals surface area contributed by atoms with E-state index in [1.54, 1.807) is 0 Å². The average molecular weight is 284 g/mol. The molecule has 1 aliphatic rings. The van der Waals surface area contributed by atoms with Gasteiger partial charge in [0.25, 0.3) is 0 Å². The summed E-state index contributed by atoms with van der Waals surface area (Å²) in [5, 5.41) is 3.78. The molecule has 2 heteroatoms. The van der Waals surface area contributed by atoms with E-state index in [9.17, 15) is 0 Å². The Balaban J connectivity index is 2.12. The Hall–Kier alpha value is -1.30. The van der Waals surface area contributed by atoms with Crippen molar-refractivity contribution in [2.45, 2.75) is 45.2 Å². The summed E-state index contributed by atoms with van der Waals surface area (Å²) in [6.45, 7) is 10.1. The largest absolute Gasteiger partial charge is 0.305 e. The van der Waals surface area contributed by atoms with Crippen LogP contribution in [0.4, 0.5) is 0 Å². The predicted molar refractivity (Wildman–Crippen MR) is 90.1 cm³/mol. The summed E-state index contributed by atoms with van der Waals surface area (Å²) < 4.78 is 0. The van der Waals surface area contributed by atoms with E-state index in [-0.39, 0.29) is 5.54 Å². The van der Waals surface area contributed by atoms with Crippen molar-refractivity contribution in [1.29, 1.82) is 0 Å². The van der Waals surface area contributed by atoms with Gasteiger partial charge in [0.1, 0.15) is 0 Å². The van der Waals surface area contributed by atoms with E-state index in [0.29, 0.717) is 12.0 Å². The molecule has 0 spiro atoms. The number of hydrogen-bond acceptors (Lipinski definition) is 2. The highest BCUT2D eigenvalue weighted by Crippen LogP contribution is 2.28. The number of nitrogens with one attached hydrogen (secondary N) is 1. The Morgan fingerprint density at radius 3 is 2.71 bits per heavy atom. The first-order valence-corrected chi connectivity index (χ1v) is 8.05. The van der Waals surface area contributed by atoms with Crippen molar-refractivity contribution in [2.24, 2.45) is 5.92 Å². The third kappa shape index (κ3) is 3.87. The first kappa shape index (κ1) is 16.1. The topological polar surface area (TPSA) is 15.3 Å². The first-order valence-electron chi connectivity index (χ1n) is 8.05. The number of piperazine rings is 1. The van der Waals surface area contributed by atoms with Gasteiger partial charge >= 0.3 is 0 Å². The van der Waals surface area contributed by atoms with Gasteiger partial charge in [-0.2, -0.15) is 0 Å². The van der Waals surface area contributed by atoms with Gasteiger partial charge in [-0.25, -0.2) is 0 Å². The fraction of sp³-hybridized carbons (Fsp3) is 0.579. The molecule has 1 saturated heterocycles. The summed E-state index contributed by atoms with van der Waals surface area (Å²) >= 11 is 0. The molecule has 2 unspecified atom stereocenters. The highest BCUT2D eigenvalue weighted by molar-refractivity contribution is 5.25. The number of terminal acetylenes is 1. The van der Waals surface area contributed by atoms with Crippen molar-refractivity contribution >= 4 is 0 Å². The van der Waals surface area contributed by atoms with Gasteiger partial charge in [-0.1, -0.05) is 44.2 Å². The zero-order chi connectivity index (χ0) is 15.3. The minimum atomic E-state index is 0.0305. The van der Waals surface area contributed by atoms with Gasteiger partial charge in [-0.15, -0.1) is 12.3 Å². The Morgan fingerprint density at radius 2 is 2.10 bits per heavy atom. The van der Waals surface area contributed by atoms with Crippen LogP contribution < -0.4 is 5.32 Å². The molecule has 1 aromatic carbocycles. The number of unbranched alkanes of at least 4 members (excludes halogenated alkanes) is 1. The van der Waals surface area contributed by atoms with Crippen molar-refractivity contribution in [2.75, 3.05) is 19.6 Å². The van der Waals surface area contributed by atoms with Crippen LogP contribution in [0.25, 0.3) is 0 Å². The second kappa shape index (κ2) is 7.11. The van der Waals surface area contributed by atoms with E-state index in [4.69, 9.17) is 6.42 Å². The lowest BCUT2D eigenvalue weighted by atomic mass is 9.86. The quantitative estimate of drug-likeness (QED) is 0.659. The van der Waals surface area contributed by atoms with Crippen LogP contribution in [0.2, 0.25) is 0 Å². The molecule has 114 valence electrons. The van der Waals surface area contributed by atoms with Crippen LogP contribution in [0, 0.1) is 18.3 Å². The Morgan fingerprint density at radius 1 is 1.38 bits per heavy atom. The minimum absolute atomic E-state index is 0.0305. The Bertz CT molecular complexity index is 474. The van der Waals surface area contributed by atoms with Crippen LogP contribution >= 0.6 is 0 Å². The third-order valence-corrected chi connectivity index (χ3v) is 4.64. The lowest BCUT2D eigenvalue weighted by Gasteiger charge is -2.48. The summed E-state index contributed by atoms with van der Waals surface area (Å²) in [6, 6.07) is 11.4. The number of hydrogen-bond donors (Lipinski definition) is 1. The number of benzene rings is 1. The highest BCUT2D eigenvalue weighted by atomic mass is 15.3. The molecule has 1 aliphatic heterocycles. The van der Waals surface area contributed by atoms with E-state index in [1.807, 2.05) is 0 Å². The third-order valence-electron chi connectivity index (χ3n) is 4.64. The van der Waals surface area contributed by atoms with Crippen molar-refractivity contribution in [1.82, 2.24) is 10.2 Å². The van der Waals surface area contributed by atoms with E-state index >= 15 is 0 Å². The van der Waals surface area contributed by atoms with Crippen molar-refractivity contribution in [3.8, 4) is 12.3 Å². The molecule has 0 saturated carbocycles. The molecule has 0 aliphatic carbocycles. The predicted octanol–water partition coefficient (Wildman–Crippen LogP) is 3.25. The van der Waals surface area contributed by atoms with Gasteiger partial charge in [0, 0.05) is 25.6 Å². The van der Waals surface area contributed by atoms with Gasteiger partial charge in [-0.3, -0.25) is 4.90 Å². The zero-order valence-corrected chi connectivity index (χ0v) is 13.6. The minimum Gasteiger partial charge on any atom is -0.305 e. The normalized spacial score (nSPS) is 26.7. The number of nitrogens with zero attached hydrogens (tertiary/aromatic N) is 1. The van der Waals surface area contributed by atoms with Crippen molar-refractivity contribution in [3.63, 3.8) is 0 Å². The van der Waals surface area contributed by atoms with Crippen LogP contribution in [0.3, 0.4) is 0 Å². The first-order chi connectivity index (χ1) is 10.1. The molecule has 21 heavy (non-hydrogen) atoms.